The maximum atomic E-state index is 12.7. The van der Waals surface area contributed by atoms with E-state index in [-0.39, 0.29) is 18.1 Å². The monoisotopic (exact) mass is 492 g/mol. The summed E-state index contributed by atoms with van der Waals surface area (Å²) in [6.45, 7) is 0. The number of nitrogens with two attached hydrogens (primary N) is 1. The van der Waals surface area contributed by atoms with Crippen molar-refractivity contribution in [2.24, 2.45) is 5.84 Å². The molecule has 1 aromatic heterocycles. The lowest BCUT2D eigenvalue weighted by molar-refractivity contribution is 0.0950. The highest BCUT2D eigenvalue weighted by atomic mass is 35.5. The number of nitrogens with one attached hydrogen (secondary N) is 1. The van der Waals surface area contributed by atoms with Gasteiger partial charge in [0.05, 0.1) is 10.7 Å². The van der Waals surface area contributed by atoms with Gasteiger partial charge < -0.3 is 0 Å². The summed E-state index contributed by atoms with van der Waals surface area (Å²) in [7, 11) is 0. The summed E-state index contributed by atoms with van der Waals surface area (Å²) in [6.07, 6.45) is 0. The number of nitrogen functional groups attached to an aromatic ring is 1. The summed E-state index contributed by atoms with van der Waals surface area (Å²) in [6, 6.07) is 21.6. The summed E-state index contributed by atoms with van der Waals surface area (Å²) < 4.78 is 1.82. The van der Waals surface area contributed by atoms with Gasteiger partial charge in [-0.1, -0.05) is 65.1 Å². The number of benzene rings is 3. The molecule has 1 heterocycles. The molecule has 0 saturated heterocycles. The Hall–Kier alpha value is -2.54. The molecule has 1 amide bonds. The second-order valence-corrected chi connectivity index (χ2v) is 7.63. The first kappa shape index (κ1) is 23.1. The Balaban J connectivity index is 0.00000272. The average Bonchev–Trinajstić information content (AvgIpc) is 3.14. The molecule has 0 aliphatic heterocycles. The average molecular weight is 494 g/mol. The number of carbonyl (C=O) groups is 1. The topological polar surface area (TPSA) is 72.9 Å². The molecule has 0 unspecified atom stereocenters. The maximum Gasteiger partial charge on any atom is 0.286 e. The number of carbonyl (C=O) groups excluding carboxylic acids is 1. The molecule has 31 heavy (non-hydrogen) atoms. The molecular formula is C22H16Cl4N4O. The van der Waals surface area contributed by atoms with Crippen molar-refractivity contribution < 1.29 is 4.79 Å². The van der Waals surface area contributed by atoms with Crippen molar-refractivity contribution in [2.75, 3.05) is 0 Å². The van der Waals surface area contributed by atoms with Crippen LogP contribution in [0.3, 0.4) is 0 Å². The largest absolute Gasteiger partial charge is 0.291 e. The number of hydrogen-bond acceptors (Lipinski definition) is 3. The second kappa shape index (κ2) is 9.73. The fraction of sp³-hybridized carbons (Fsp3) is 0. The standard InChI is InChI=1S/C22H15Cl3N4O.ClH/c23-13-9-11-14(12-10-13)29-20(15-5-1-3-7-17(15)24)19(22(30)28-26)27-21(29)16-6-2-4-8-18(16)25;/h1-12H,26H2,(H,28,30);1H. The Morgan fingerprint density at radius 2 is 1.39 bits per heavy atom. The third-order valence-corrected chi connectivity index (χ3v) is 5.46. The van der Waals surface area contributed by atoms with Gasteiger partial charge >= 0.3 is 0 Å². The van der Waals surface area contributed by atoms with Gasteiger partial charge in [-0.15, -0.1) is 12.4 Å². The number of hydrogen-bond donors (Lipinski definition) is 2. The normalized spacial score (nSPS) is 10.5. The minimum atomic E-state index is -0.550. The van der Waals surface area contributed by atoms with E-state index in [4.69, 9.17) is 40.6 Å². The molecule has 0 aliphatic rings. The fourth-order valence-electron chi connectivity index (χ4n) is 3.21. The summed E-state index contributed by atoms with van der Waals surface area (Å²) >= 11 is 19.1. The summed E-state index contributed by atoms with van der Waals surface area (Å²) in [5.74, 6) is 5.37. The van der Waals surface area contributed by atoms with E-state index in [1.807, 2.05) is 53.1 Å². The summed E-state index contributed by atoms with van der Waals surface area (Å²) in [5.41, 5.74) is 4.78. The number of aromatic nitrogens is 2. The van der Waals surface area contributed by atoms with Gasteiger partial charge in [0.1, 0.15) is 5.82 Å². The van der Waals surface area contributed by atoms with Gasteiger partial charge in [0.2, 0.25) is 0 Å². The van der Waals surface area contributed by atoms with E-state index >= 15 is 0 Å². The van der Waals surface area contributed by atoms with Crippen molar-refractivity contribution in [3.63, 3.8) is 0 Å². The quantitative estimate of drug-likeness (QED) is 0.202. The van der Waals surface area contributed by atoms with E-state index in [2.05, 4.69) is 10.4 Å². The lowest BCUT2D eigenvalue weighted by Crippen LogP contribution is -2.30. The summed E-state index contributed by atoms with van der Waals surface area (Å²) in [5, 5.41) is 1.53. The van der Waals surface area contributed by atoms with E-state index in [0.29, 0.717) is 37.7 Å². The third-order valence-electron chi connectivity index (χ3n) is 4.55. The Morgan fingerprint density at radius 1 is 0.839 bits per heavy atom. The molecule has 0 radical (unpaired) electrons. The van der Waals surface area contributed by atoms with Gasteiger partial charge in [0, 0.05) is 26.9 Å². The zero-order valence-electron chi connectivity index (χ0n) is 15.9. The molecule has 4 aromatic rings. The van der Waals surface area contributed by atoms with Crippen LogP contribution < -0.4 is 11.3 Å². The van der Waals surface area contributed by atoms with Crippen molar-refractivity contribution in [1.82, 2.24) is 15.0 Å². The smallest absolute Gasteiger partial charge is 0.286 e. The zero-order chi connectivity index (χ0) is 21.3. The molecule has 158 valence electrons. The SMILES string of the molecule is Cl.NNC(=O)c1nc(-c2ccccc2Cl)n(-c2ccc(Cl)cc2)c1-c1ccccc1Cl. The van der Waals surface area contributed by atoms with E-state index in [1.165, 1.54) is 0 Å². The Morgan fingerprint density at radius 3 is 1.94 bits per heavy atom. The predicted molar refractivity (Wildman–Crippen MR) is 128 cm³/mol. The molecule has 0 atom stereocenters. The molecule has 3 N–H and O–H groups in total. The lowest BCUT2D eigenvalue weighted by atomic mass is 10.1. The lowest BCUT2D eigenvalue weighted by Gasteiger charge is -2.15. The zero-order valence-corrected chi connectivity index (χ0v) is 18.9. The Kier molecular flexibility index (Phi) is 7.26. The first-order valence-electron chi connectivity index (χ1n) is 8.90. The predicted octanol–water partition coefficient (Wildman–Crippen LogP) is 6.19. The highest BCUT2D eigenvalue weighted by Gasteiger charge is 2.27. The molecule has 9 heteroatoms. The molecule has 0 aliphatic carbocycles. The van der Waals surface area contributed by atoms with Gasteiger partial charge in [0.15, 0.2) is 5.69 Å². The van der Waals surface area contributed by atoms with Crippen LogP contribution in [0.5, 0.6) is 0 Å². The van der Waals surface area contributed by atoms with Gasteiger partial charge in [-0.05, 0) is 42.5 Å². The molecule has 5 nitrogen and oxygen atoms in total. The van der Waals surface area contributed by atoms with E-state index in [9.17, 15) is 4.79 Å². The highest BCUT2D eigenvalue weighted by Crippen LogP contribution is 2.38. The van der Waals surface area contributed by atoms with Crippen LogP contribution in [0.1, 0.15) is 10.5 Å². The first-order valence-corrected chi connectivity index (χ1v) is 10.0. The van der Waals surface area contributed by atoms with Crippen LogP contribution in [-0.4, -0.2) is 15.5 Å². The third kappa shape index (κ3) is 4.42. The number of hydrazine groups is 1. The second-order valence-electron chi connectivity index (χ2n) is 6.38. The molecule has 4 rings (SSSR count). The number of amides is 1. The van der Waals surface area contributed by atoms with Crippen LogP contribution in [0.4, 0.5) is 0 Å². The molecule has 0 fully saturated rings. The van der Waals surface area contributed by atoms with Crippen molar-refractivity contribution in [1.29, 1.82) is 0 Å². The number of rotatable bonds is 4. The summed E-state index contributed by atoms with van der Waals surface area (Å²) in [4.78, 5) is 17.3. The first-order chi connectivity index (χ1) is 14.5. The van der Waals surface area contributed by atoms with Gasteiger partial charge in [0.25, 0.3) is 5.91 Å². The van der Waals surface area contributed by atoms with Crippen LogP contribution in [0.15, 0.2) is 72.8 Å². The highest BCUT2D eigenvalue weighted by molar-refractivity contribution is 6.34. The van der Waals surface area contributed by atoms with Gasteiger partial charge in [-0.3, -0.25) is 14.8 Å². The van der Waals surface area contributed by atoms with Crippen molar-refractivity contribution >= 4 is 53.1 Å². The van der Waals surface area contributed by atoms with Crippen LogP contribution in [0, 0.1) is 0 Å². The molecule has 0 bridgehead atoms. The van der Waals surface area contributed by atoms with Crippen LogP contribution in [0.2, 0.25) is 15.1 Å². The van der Waals surface area contributed by atoms with E-state index in [0.717, 1.165) is 5.69 Å². The van der Waals surface area contributed by atoms with Crippen LogP contribution in [-0.2, 0) is 0 Å². The molecule has 0 saturated carbocycles. The van der Waals surface area contributed by atoms with Gasteiger partial charge in [-0.2, -0.15) is 0 Å². The van der Waals surface area contributed by atoms with Gasteiger partial charge in [-0.25, -0.2) is 10.8 Å². The number of halogens is 4. The fourth-order valence-corrected chi connectivity index (χ4v) is 3.78. The Labute approximate surface area is 200 Å². The maximum absolute atomic E-state index is 12.7. The van der Waals surface area contributed by atoms with Crippen LogP contribution in [0.25, 0.3) is 28.3 Å². The minimum Gasteiger partial charge on any atom is -0.291 e. The molecular weight excluding hydrogens is 478 g/mol. The minimum absolute atomic E-state index is 0. The van der Waals surface area contributed by atoms with Crippen molar-refractivity contribution in [2.45, 2.75) is 0 Å². The van der Waals surface area contributed by atoms with E-state index in [1.54, 1.807) is 24.3 Å². The van der Waals surface area contributed by atoms with E-state index < -0.39 is 5.91 Å². The Bertz CT molecular complexity index is 1240. The number of imidazole rings is 1. The number of nitrogens with zero attached hydrogens (tertiary/aromatic N) is 2. The van der Waals surface area contributed by atoms with Crippen LogP contribution >= 0.6 is 47.2 Å². The molecule has 3 aromatic carbocycles. The van der Waals surface area contributed by atoms with Crippen molar-refractivity contribution in [3.05, 3.63) is 93.6 Å². The van der Waals surface area contributed by atoms with Crippen molar-refractivity contribution in [3.8, 4) is 28.3 Å². The molecule has 0 spiro atoms.